The van der Waals surface area contributed by atoms with E-state index in [1.165, 1.54) is 0 Å². The molecule has 1 saturated carbocycles. The number of nitrogens with zero attached hydrogens (tertiary/aromatic N) is 1. The predicted octanol–water partition coefficient (Wildman–Crippen LogP) is 0.522. The van der Waals surface area contributed by atoms with Crippen LogP contribution in [-0.4, -0.2) is 11.9 Å². The molecular formula is C12H13N3O. The zero-order valence-corrected chi connectivity index (χ0v) is 8.81. The Morgan fingerprint density at radius 2 is 2.12 bits per heavy atom. The van der Waals surface area contributed by atoms with Gasteiger partial charge in [0.25, 0.3) is 0 Å². The molecule has 1 amide bonds. The fraction of sp³-hybridized carbons (Fsp3) is 0.333. The van der Waals surface area contributed by atoms with Gasteiger partial charge >= 0.3 is 0 Å². The van der Waals surface area contributed by atoms with Crippen molar-refractivity contribution >= 4 is 5.91 Å². The molecule has 4 heteroatoms. The Morgan fingerprint density at radius 1 is 1.50 bits per heavy atom. The van der Waals surface area contributed by atoms with E-state index < -0.39 is 0 Å². The van der Waals surface area contributed by atoms with Gasteiger partial charge in [0.05, 0.1) is 17.6 Å². The van der Waals surface area contributed by atoms with E-state index in [2.05, 4.69) is 5.32 Å². The molecular weight excluding hydrogens is 202 g/mol. The minimum Gasteiger partial charge on any atom is -0.352 e. The third kappa shape index (κ3) is 2.38. The molecule has 16 heavy (non-hydrogen) atoms. The Hall–Kier alpha value is -1.86. The zero-order valence-electron chi connectivity index (χ0n) is 8.81. The molecule has 0 aromatic heterocycles. The Bertz CT molecular complexity index is 433. The second kappa shape index (κ2) is 4.33. The fourth-order valence-corrected chi connectivity index (χ4v) is 1.53. The lowest BCUT2D eigenvalue weighted by molar-refractivity contribution is -0.122. The van der Waals surface area contributed by atoms with Crippen LogP contribution in [0.25, 0.3) is 0 Å². The summed E-state index contributed by atoms with van der Waals surface area (Å²) in [5.74, 6) is 0.0234. The number of amides is 1. The van der Waals surface area contributed by atoms with Gasteiger partial charge in [-0.15, -0.1) is 0 Å². The highest BCUT2D eigenvalue weighted by Crippen LogP contribution is 2.27. The SMILES string of the molecule is N#Cc1ccc(CNC(=O)C2CC2N)cc1. The van der Waals surface area contributed by atoms with Crippen LogP contribution in [0.1, 0.15) is 17.5 Å². The van der Waals surface area contributed by atoms with Crippen molar-refractivity contribution in [1.82, 2.24) is 5.32 Å². The number of carbonyl (C=O) groups is 1. The molecule has 1 fully saturated rings. The molecule has 0 radical (unpaired) electrons. The maximum Gasteiger partial charge on any atom is 0.225 e. The number of hydrogen-bond acceptors (Lipinski definition) is 3. The molecule has 0 spiro atoms. The van der Waals surface area contributed by atoms with E-state index in [-0.39, 0.29) is 17.9 Å². The molecule has 1 aromatic rings. The highest BCUT2D eigenvalue weighted by Gasteiger charge is 2.39. The number of nitriles is 1. The summed E-state index contributed by atoms with van der Waals surface area (Å²) in [7, 11) is 0. The van der Waals surface area contributed by atoms with Crippen molar-refractivity contribution in [2.24, 2.45) is 11.7 Å². The molecule has 2 rings (SSSR count). The Kier molecular flexibility index (Phi) is 2.88. The molecule has 82 valence electrons. The minimum absolute atomic E-state index is 0.00150. The van der Waals surface area contributed by atoms with Crippen LogP contribution in [0, 0.1) is 17.2 Å². The molecule has 0 heterocycles. The molecule has 1 aliphatic rings. The van der Waals surface area contributed by atoms with Crippen LogP contribution in [0.5, 0.6) is 0 Å². The van der Waals surface area contributed by atoms with E-state index in [4.69, 9.17) is 11.0 Å². The summed E-state index contributed by atoms with van der Waals surface area (Å²) in [6.45, 7) is 0.494. The summed E-state index contributed by atoms with van der Waals surface area (Å²) in [6.07, 6.45) is 0.791. The highest BCUT2D eigenvalue weighted by atomic mass is 16.2. The monoisotopic (exact) mass is 215 g/mol. The van der Waals surface area contributed by atoms with Crippen molar-refractivity contribution in [2.75, 3.05) is 0 Å². The van der Waals surface area contributed by atoms with Crippen molar-refractivity contribution in [3.63, 3.8) is 0 Å². The van der Waals surface area contributed by atoms with Gasteiger partial charge in [0, 0.05) is 12.6 Å². The lowest BCUT2D eigenvalue weighted by Gasteiger charge is -2.04. The minimum atomic E-state index is -0.00150. The third-order valence-corrected chi connectivity index (χ3v) is 2.73. The van der Waals surface area contributed by atoms with E-state index in [1.54, 1.807) is 12.1 Å². The number of benzene rings is 1. The summed E-state index contributed by atoms with van der Waals surface area (Å²) in [5.41, 5.74) is 7.19. The maximum absolute atomic E-state index is 11.5. The van der Waals surface area contributed by atoms with Crippen LogP contribution >= 0.6 is 0 Å². The highest BCUT2D eigenvalue weighted by molar-refractivity contribution is 5.82. The molecule has 2 unspecified atom stereocenters. The fourth-order valence-electron chi connectivity index (χ4n) is 1.53. The quantitative estimate of drug-likeness (QED) is 0.771. The van der Waals surface area contributed by atoms with Crippen LogP contribution in [0.4, 0.5) is 0 Å². The number of hydrogen-bond donors (Lipinski definition) is 2. The van der Waals surface area contributed by atoms with Gasteiger partial charge in [0.2, 0.25) is 5.91 Å². The van der Waals surface area contributed by atoms with Crippen LogP contribution in [0.2, 0.25) is 0 Å². The predicted molar refractivity (Wildman–Crippen MR) is 59.1 cm³/mol. The Morgan fingerprint density at radius 3 is 2.62 bits per heavy atom. The van der Waals surface area contributed by atoms with Gasteiger partial charge in [-0.05, 0) is 24.1 Å². The smallest absolute Gasteiger partial charge is 0.225 e. The van der Waals surface area contributed by atoms with Gasteiger partial charge < -0.3 is 11.1 Å². The normalized spacial score (nSPS) is 22.2. The van der Waals surface area contributed by atoms with Crippen molar-refractivity contribution in [3.8, 4) is 6.07 Å². The molecule has 4 nitrogen and oxygen atoms in total. The molecule has 3 N–H and O–H groups in total. The second-order valence-electron chi connectivity index (χ2n) is 4.03. The van der Waals surface area contributed by atoms with Crippen molar-refractivity contribution < 1.29 is 4.79 Å². The number of nitrogens with two attached hydrogens (primary N) is 1. The first-order valence-corrected chi connectivity index (χ1v) is 5.23. The molecule has 0 saturated heterocycles. The van der Waals surface area contributed by atoms with E-state index in [0.717, 1.165) is 12.0 Å². The van der Waals surface area contributed by atoms with Gasteiger partial charge in [-0.25, -0.2) is 0 Å². The van der Waals surface area contributed by atoms with E-state index in [0.29, 0.717) is 12.1 Å². The van der Waals surface area contributed by atoms with Crippen LogP contribution in [0.3, 0.4) is 0 Å². The summed E-state index contributed by atoms with van der Waals surface area (Å²) in [5, 5.41) is 11.5. The number of carbonyl (C=O) groups excluding carboxylic acids is 1. The average Bonchev–Trinajstić information content (AvgIpc) is 3.04. The molecule has 2 atom stereocenters. The van der Waals surface area contributed by atoms with Crippen molar-refractivity contribution in [3.05, 3.63) is 35.4 Å². The third-order valence-electron chi connectivity index (χ3n) is 2.73. The Labute approximate surface area is 94.1 Å². The maximum atomic E-state index is 11.5. The van der Waals surface area contributed by atoms with Gasteiger partial charge in [0.1, 0.15) is 0 Å². The lowest BCUT2D eigenvalue weighted by Crippen LogP contribution is -2.26. The molecule has 1 aromatic carbocycles. The lowest BCUT2D eigenvalue weighted by atomic mass is 10.1. The van der Waals surface area contributed by atoms with Crippen LogP contribution in [0.15, 0.2) is 24.3 Å². The first kappa shape index (κ1) is 10.7. The summed E-state index contributed by atoms with van der Waals surface area (Å²) in [6, 6.07) is 9.25. The van der Waals surface area contributed by atoms with Crippen LogP contribution < -0.4 is 11.1 Å². The van der Waals surface area contributed by atoms with Crippen molar-refractivity contribution in [1.29, 1.82) is 5.26 Å². The summed E-state index contributed by atoms with van der Waals surface area (Å²) >= 11 is 0. The van der Waals surface area contributed by atoms with Gasteiger partial charge in [-0.3, -0.25) is 4.79 Å². The standard InChI is InChI=1S/C12H13N3O/c13-6-8-1-3-9(4-2-8)7-15-12(16)10-5-11(10)14/h1-4,10-11H,5,7,14H2,(H,15,16). The first-order chi connectivity index (χ1) is 7.70. The topological polar surface area (TPSA) is 78.9 Å². The number of nitrogens with one attached hydrogen (secondary N) is 1. The van der Waals surface area contributed by atoms with Gasteiger partial charge in [-0.2, -0.15) is 5.26 Å². The summed E-state index contributed by atoms with van der Waals surface area (Å²) < 4.78 is 0. The van der Waals surface area contributed by atoms with E-state index in [1.807, 2.05) is 18.2 Å². The first-order valence-electron chi connectivity index (χ1n) is 5.23. The Balaban J connectivity index is 1.85. The van der Waals surface area contributed by atoms with Gasteiger partial charge in [0.15, 0.2) is 0 Å². The van der Waals surface area contributed by atoms with Crippen LogP contribution in [-0.2, 0) is 11.3 Å². The zero-order chi connectivity index (χ0) is 11.5. The van der Waals surface area contributed by atoms with Crippen molar-refractivity contribution in [2.45, 2.75) is 19.0 Å². The largest absolute Gasteiger partial charge is 0.352 e. The van der Waals surface area contributed by atoms with Gasteiger partial charge in [-0.1, -0.05) is 12.1 Å². The molecule has 0 bridgehead atoms. The summed E-state index contributed by atoms with van der Waals surface area (Å²) in [4.78, 5) is 11.5. The average molecular weight is 215 g/mol. The van der Waals surface area contributed by atoms with E-state index in [9.17, 15) is 4.79 Å². The molecule has 1 aliphatic carbocycles. The van der Waals surface area contributed by atoms with E-state index >= 15 is 0 Å². The molecule has 0 aliphatic heterocycles. The second-order valence-corrected chi connectivity index (χ2v) is 4.03. The number of rotatable bonds is 3.